The molecule has 0 saturated carbocycles. The molecule has 2 aliphatic heterocycles. The first-order chi connectivity index (χ1) is 15.9. The molecular weight excluding hydrogens is 442 g/mol. The number of fused-ring (bicyclic) bond motifs is 2. The molecule has 0 N–H and O–H groups in total. The lowest BCUT2D eigenvalue weighted by atomic mass is 9.74. The average Bonchev–Trinajstić information content (AvgIpc) is 3.16. The number of alkyl halides is 2. The molecule has 33 heavy (non-hydrogen) atoms. The zero-order valence-electron chi connectivity index (χ0n) is 18.2. The Kier molecular flexibility index (Phi) is 5.70. The van der Waals surface area contributed by atoms with Crippen molar-refractivity contribution in [3.8, 4) is 0 Å². The van der Waals surface area contributed by atoms with Crippen LogP contribution in [0.15, 0.2) is 83.8 Å². The number of benzene rings is 3. The highest BCUT2D eigenvalue weighted by atomic mass is 32.2. The lowest BCUT2D eigenvalue weighted by molar-refractivity contribution is 0.151. The van der Waals surface area contributed by atoms with Gasteiger partial charge in [-0.3, -0.25) is 9.21 Å². The molecule has 2 aliphatic rings. The summed E-state index contributed by atoms with van der Waals surface area (Å²) < 4.78 is 54.4. The van der Waals surface area contributed by atoms with Gasteiger partial charge in [-0.25, -0.2) is 17.2 Å². The molecule has 1 fully saturated rings. The second kappa shape index (κ2) is 8.54. The topological polar surface area (TPSA) is 40.6 Å². The number of hydrogen-bond acceptors (Lipinski definition) is 3. The van der Waals surface area contributed by atoms with Gasteiger partial charge in [-0.15, -0.1) is 0 Å². The zero-order valence-corrected chi connectivity index (χ0v) is 19.0. The molecule has 3 aromatic carbocycles. The van der Waals surface area contributed by atoms with Gasteiger partial charge in [0.05, 0.1) is 10.6 Å². The second-order valence-electron chi connectivity index (χ2n) is 8.94. The van der Waals surface area contributed by atoms with E-state index in [0.717, 1.165) is 38.0 Å². The highest BCUT2D eigenvalue weighted by molar-refractivity contribution is 7.92. The molecule has 0 amide bonds. The van der Waals surface area contributed by atoms with Gasteiger partial charge < -0.3 is 0 Å². The molecule has 2 heterocycles. The van der Waals surface area contributed by atoms with Crippen molar-refractivity contribution >= 4 is 15.7 Å². The second-order valence-corrected chi connectivity index (χ2v) is 10.8. The number of piperidine rings is 1. The van der Waals surface area contributed by atoms with Crippen molar-refractivity contribution in [1.82, 2.24) is 4.90 Å². The predicted molar refractivity (Wildman–Crippen MR) is 125 cm³/mol. The largest absolute Gasteiger partial charge is 0.299 e. The van der Waals surface area contributed by atoms with Crippen LogP contribution in [0.5, 0.6) is 0 Å². The van der Waals surface area contributed by atoms with Crippen LogP contribution in [0.1, 0.15) is 36.0 Å². The molecule has 0 bridgehead atoms. The highest BCUT2D eigenvalue weighted by Crippen LogP contribution is 2.48. The van der Waals surface area contributed by atoms with Crippen molar-refractivity contribution in [2.75, 3.05) is 23.9 Å². The highest BCUT2D eigenvalue weighted by Gasteiger charge is 2.48. The quantitative estimate of drug-likeness (QED) is 0.506. The number of nitrogens with zero attached hydrogens (tertiary/aromatic N) is 2. The maximum absolute atomic E-state index is 13.5. The number of hydrogen-bond donors (Lipinski definition) is 0. The van der Waals surface area contributed by atoms with Crippen LogP contribution in [-0.2, 0) is 22.0 Å². The van der Waals surface area contributed by atoms with Crippen molar-refractivity contribution < 1.29 is 17.2 Å². The molecule has 4 nitrogen and oxygen atoms in total. The molecule has 0 aromatic heterocycles. The maximum atomic E-state index is 13.5. The number of anilines is 1. The third-order valence-corrected chi connectivity index (χ3v) is 8.75. The molecule has 0 radical (unpaired) electrons. The summed E-state index contributed by atoms with van der Waals surface area (Å²) in [6.07, 6.45) is -0.890. The Hall–Kier alpha value is -2.77. The summed E-state index contributed by atoms with van der Waals surface area (Å²) in [5.41, 5.74) is 2.62. The Balaban J connectivity index is 1.40. The standard InChI is InChI=1S/C26H26F2N2O2S/c27-25(28)21-10-12-22(13-11-21)33(31,32)30-19-26(23-8-4-5-9-24(23)30)14-16-29(17-15-26)18-20-6-2-1-3-7-20/h1-13,25H,14-19H2. The summed E-state index contributed by atoms with van der Waals surface area (Å²) in [5, 5.41) is 0. The summed E-state index contributed by atoms with van der Waals surface area (Å²) in [4.78, 5) is 2.46. The zero-order chi connectivity index (χ0) is 23.1. The first kappa shape index (κ1) is 22.0. The van der Waals surface area contributed by atoms with E-state index in [1.165, 1.54) is 34.1 Å². The van der Waals surface area contributed by atoms with Gasteiger partial charge in [-0.05, 0) is 55.3 Å². The molecule has 172 valence electrons. The van der Waals surface area contributed by atoms with E-state index in [9.17, 15) is 17.2 Å². The van der Waals surface area contributed by atoms with Crippen LogP contribution in [0, 0.1) is 0 Å². The predicted octanol–water partition coefficient (Wildman–Crippen LogP) is 5.37. The van der Waals surface area contributed by atoms with Crippen LogP contribution < -0.4 is 4.31 Å². The van der Waals surface area contributed by atoms with Gasteiger partial charge in [-0.2, -0.15) is 0 Å². The molecule has 3 aromatic rings. The van der Waals surface area contributed by atoms with Gasteiger partial charge in [0.15, 0.2) is 0 Å². The van der Waals surface area contributed by atoms with Gasteiger partial charge in [0.25, 0.3) is 16.4 Å². The van der Waals surface area contributed by atoms with Crippen LogP contribution in [0.2, 0.25) is 0 Å². The Morgan fingerprint density at radius 2 is 1.48 bits per heavy atom. The fourth-order valence-electron chi connectivity index (χ4n) is 5.12. The summed E-state index contributed by atoms with van der Waals surface area (Å²) in [6.45, 7) is 3.04. The molecule has 7 heteroatoms. The average molecular weight is 469 g/mol. The molecule has 1 saturated heterocycles. The van der Waals surface area contributed by atoms with Gasteiger partial charge in [-0.1, -0.05) is 60.7 Å². The van der Waals surface area contributed by atoms with Crippen LogP contribution in [-0.4, -0.2) is 33.0 Å². The van der Waals surface area contributed by atoms with Crippen LogP contribution in [0.25, 0.3) is 0 Å². The molecule has 5 rings (SSSR count). The molecule has 0 unspecified atom stereocenters. The Morgan fingerprint density at radius 3 is 2.15 bits per heavy atom. The lowest BCUT2D eigenvalue weighted by Crippen LogP contribution is -2.45. The number of likely N-dealkylation sites (tertiary alicyclic amines) is 1. The summed E-state index contributed by atoms with van der Waals surface area (Å²) >= 11 is 0. The third kappa shape index (κ3) is 4.04. The van der Waals surface area contributed by atoms with Crippen molar-refractivity contribution in [2.24, 2.45) is 0 Å². The van der Waals surface area contributed by atoms with E-state index < -0.39 is 16.4 Å². The van der Waals surface area contributed by atoms with Crippen molar-refractivity contribution in [2.45, 2.75) is 36.1 Å². The Morgan fingerprint density at radius 1 is 0.848 bits per heavy atom. The van der Waals surface area contributed by atoms with Gasteiger partial charge in [0.2, 0.25) is 0 Å². The van der Waals surface area contributed by atoms with E-state index in [1.54, 1.807) is 0 Å². The van der Waals surface area contributed by atoms with Crippen molar-refractivity contribution in [3.05, 3.63) is 95.6 Å². The monoisotopic (exact) mass is 468 g/mol. The maximum Gasteiger partial charge on any atom is 0.264 e. The van der Waals surface area contributed by atoms with E-state index in [2.05, 4.69) is 17.0 Å². The third-order valence-electron chi connectivity index (χ3n) is 6.97. The smallest absolute Gasteiger partial charge is 0.264 e. The van der Waals surface area contributed by atoms with Gasteiger partial charge in [0, 0.05) is 24.1 Å². The van der Waals surface area contributed by atoms with Crippen molar-refractivity contribution in [1.29, 1.82) is 0 Å². The fourth-order valence-corrected chi connectivity index (χ4v) is 6.69. The summed E-state index contributed by atoms with van der Waals surface area (Å²) in [5.74, 6) is 0. The SMILES string of the molecule is O=S(=O)(c1ccc(C(F)F)cc1)N1CC2(CCN(Cc3ccccc3)CC2)c2ccccc21. The van der Waals surface area contributed by atoms with Gasteiger partial charge >= 0.3 is 0 Å². The fraction of sp³-hybridized carbons (Fsp3) is 0.308. The van der Waals surface area contributed by atoms with E-state index in [0.29, 0.717) is 12.2 Å². The summed E-state index contributed by atoms with van der Waals surface area (Å²) in [7, 11) is -3.86. The number of halogens is 2. The molecule has 0 atom stereocenters. The van der Waals surface area contributed by atoms with E-state index >= 15 is 0 Å². The van der Waals surface area contributed by atoms with E-state index in [1.807, 2.05) is 42.5 Å². The minimum Gasteiger partial charge on any atom is -0.299 e. The summed E-state index contributed by atoms with van der Waals surface area (Å²) in [6, 6.07) is 23.0. The first-order valence-corrected chi connectivity index (χ1v) is 12.6. The first-order valence-electron chi connectivity index (χ1n) is 11.2. The Bertz CT molecular complexity index is 1220. The van der Waals surface area contributed by atoms with Crippen LogP contribution >= 0.6 is 0 Å². The van der Waals surface area contributed by atoms with Crippen LogP contribution in [0.3, 0.4) is 0 Å². The lowest BCUT2D eigenvalue weighted by Gasteiger charge is -2.40. The molecule has 1 spiro atoms. The van der Waals surface area contributed by atoms with E-state index in [4.69, 9.17) is 0 Å². The minimum absolute atomic E-state index is 0.0419. The number of rotatable bonds is 5. The van der Waals surface area contributed by atoms with Crippen LogP contribution in [0.4, 0.5) is 14.5 Å². The van der Waals surface area contributed by atoms with Crippen molar-refractivity contribution in [3.63, 3.8) is 0 Å². The molecule has 0 aliphatic carbocycles. The number of sulfonamides is 1. The van der Waals surface area contributed by atoms with Gasteiger partial charge in [0.1, 0.15) is 0 Å². The normalized spacial score (nSPS) is 18.1. The molecular formula is C26H26F2N2O2S. The van der Waals surface area contributed by atoms with E-state index in [-0.39, 0.29) is 15.9 Å². The Labute approximate surface area is 193 Å². The minimum atomic E-state index is -3.86. The number of para-hydroxylation sites is 1.